The van der Waals surface area contributed by atoms with E-state index in [0.29, 0.717) is 5.92 Å². The summed E-state index contributed by atoms with van der Waals surface area (Å²) < 4.78 is 6.05. The van der Waals surface area contributed by atoms with Crippen LogP contribution in [0.5, 0.6) is 5.75 Å². The standard InChI is InChI=1S/C14H17N3O/c15-10-3-1-2-9-12-11(18-14(9)10)5-4-8-6-16-7-17-13(8)12/h1-3,8,11,16-17H,4-7,15H2. The molecule has 1 aromatic carbocycles. The summed E-state index contributed by atoms with van der Waals surface area (Å²) in [5.74, 6) is 1.48. The van der Waals surface area contributed by atoms with E-state index in [2.05, 4.69) is 16.7 Å². The number of rotatable bonds is 0. The van der Waals surface area contributed by atoms with E-state index in [1.54, 1.807) is 0 Å². The van der Waals surface area contributed by atoms with Gasteiger partial charge in [-0.2, -0.15) is 0 Å². The topological polar surface area (TPSA) is 59.3 Å². The number of hydrogen-bond donors (Lipinski definition) is 3. The molecule has 4 heteroatoms. The van der Waals surface area contributed by atoms with E-state index in [-0.39, 0.29) is 6.10 Å². The van der Waals surface area contributed by atoms with Gasteiger partial charge in [0.1, 0.15) is 6.10 Å². The number of benzene rings is 1. The molecule has 2 atom stereocenters. The maximum atomic E-state index is 6.05. The van der Waals surface area contributed by atoms with E-state index >= 15 is 0 Å². The fourth-order valence-corrected chi connectivity index (χ4v) is 3.36. The summed E-state index contributed by atoms with van der Waals surface area (Å²) in [5.41, 5.74) is 10.7. The van der Waals surface area contributed by atoms with Crippen LogP contribution < -0.4 is 21.1 Å². The van der Waals surface area contributed by atoms with E-state index in [9.17, 15) is 0 Å². The third kappa shape index (κ3) is 1.29. The van der Waals surface area contributed by atoms with Crippen molar-refractivity contribution in [2.24, 2.45) is 5.92 Å². The normalized spacial score (nSPS) is 28.9. The van der Waals surface area contributed by atoms with Gasteiger partial charge in [-0.3, -0.25) is 5.32 Å². The first-order chi connectivity index (χ1) is 8.84. The Balaban J connectivity index is 1.90. The molecule has 0 bridgehead atoms. The molecule has 4 N–H and O–H groups in total. The first-order valence-corrected chi connectivity index (χ1v) is 6.59. The summed E-state index contributed by atoms with van der Waals surface area (Å²) in [6.45, 7) is 1.91. The molecule has 2 aliphatic heterocycles. The van der Waals surface area contributed by atoms with E-state index in [1.807, 2.05) is 12.1 Å². The molecule has 0 amide bonds. The Morgan fingerprint density at radius 3 is 3.17 bits per heavy atom. The number of ether oxygens (including phenoxy) is 1. The fourth-order valence-electron chi connectivity index (χ4n) is 3.36. The van der Waals surface area contributed by atoms with Crippen molar-refractivity contribution in [3.05, 3.63) is 29.5 Å². The molecule has 0 radical (unpaired) electrons. The van der Waals surface area contributed by atoms with E-state index in [0.717, 1.165) is 31.1 Å². The van der Waals surface area contributed by atoms with Gasteiger partial charge >= 0.3 is 0 Å². The molecule has 2 heterocycles. The Bertz CT molecular complexity index is 538. The third-order valence-electron chi connectivity index (χ3n) is 4.19. The third-order valence-corrected chi connectivity index (χ3v) is 4.19. The van der Waals surface area contributed by atoms with Crippen molar-refractivity contribution in [1.82, 2.24) is 10.6 Å². The van der Waals surface area contributed by atoms with Crippen LogP contribution in [-0.2, 0) is 0 Å². The number of nitrogens with one attached hydrogen (secondary N) is 2. The second-order valence-electron chi connectivity index (χ2n) is 5.24. The SMILES string of the molecule is Nc1cccc2c1OC1CCC3CNCNC3=C21. The highest BCUT2D eigenvalue weighted by atomic mass is 16.5. The van der Waals surface area contributed by atoms with Crippen molar-refractivity contribution in [1.29, 1.82) is 0 Å². The smallest absolute Gasteiger partial charge is 0.150 e. The lowest BCUT2D eigenvalue weighted by Gasteiger charge is -2.34. The van der Waals surface area contributed by atoms with Gasteiger partial charge in [-0.15, -0.1) is 0 Å². The average molecular weight is 243 g/mol. The van der Waals surface area contributed by atoms with Gasteiger partial charge in [-0.05, 0) is 18.9 Å². The second kappa shape index (κ2) is 3.65. The summed E-state index contributed by atoms with van der Waals surface area (Å²) in [7, 11) is 0. The van der Waals surface area contributed by atoms with Crippen molar-refractivity contribution >= 4 is 11.3 Å². The molecular weight excluding hydrogens is 226 g/mol. The summed E-state index contributed by atoms with van der Waals surface area (Å²) in [5, 5.41) is 6.89. The number of nitrogen functional groups attached to an aromatic ring is 1. The molecule has 0 saturated carbocycles. The zero-order chi connectivity index (χ0) is 12.1. The molecule has 1 aliphatic carbocycles. The molecule has 3 aliphatic rings. The molecule has 1 fully saturated rings. The van der Waals surface area contributed by atoms with Gasteiger partial charge in [-0.1, -0.05) is 12.1 Å². The van der Waals surface area contributed by atoms with Gasteiger partial charge in [0.25, 0.3) is 0 Å². The van der Waals surface area contributed by atoms with Gasteiger partial charge in [-0.25, -0.2) is 0 Å². The zero-order valence-electron chi connectivity index (χ0n) is 10.2. The predicted octanol–water partition coefficient (Wildman–Crippen LogP) is 1.30. The van der Waals surface area contributed by atoms with Crippen LogP contribution in [0.4, 0.5) is 5.69 Å². The molecular formula is C14H17N3O. The van der Waals surface area contributed by atoms with Crippen molar-refractivity contribution in [3.63, 3.8) is 0 Å². The number of nitrogens with two attached hydrogens (primary N) is 1. The first kappa shape index (κ1) is 10.3. The highest BCUT2D eigenvalue weighted by Gasteiger charge is 2.39. The molecule has 94 valence electrons. The molecule has 1 saturated heterocycles. The minimum Gasteiger partial charge on any atom is -0.483 e. The van der Waals surface area contributed by atoms with E-state index < -0.39 is 0 Å². The lowest BCUT2D eigenvalue weighted by Crippen LogP contribution is -2.45. The highest BCUT2D eigenvalue weighted by Crippen LogP contribution is 2.48. The van der Waals surface area contributed by atoms with Crippen LogP contribution in [0.25, 0.3) is 5.57 Å². The zero-order valence-corrected chi connectivity index (χ0v) is 10.2. The van der Waals surface area contributed by atoms with Gasteiger partial charge in [0.05, 0.1) is 12.4 Å². The lowest BCUT2D eigenvalue weighted by atomic mass is 9.82. The highest BCUT2D eigenvalue weighted by molar-refractivity contribution is 5.84. The summed E-state index contributed by atoms with van der Waals surface area (Å²) >= 11 is 0. The molecule has 1 aromatic rings. The van der Waals surface area contributed by atoms with Crippen LogP contribution >= 0.6 is 0 Å². The molecule has 0 spiro atoms. The van der Waals surface area contributed by atoms with Crippen LogP contribution in [0.15, 0.2) is 23.9 Å². The minimum atomic E-state index is 0.196. The van der Waals surface area contributed by atoms with Crippen molar-refractivity contribution in [3.8, 4) is 5.75 Å². The van der Waals surface area contributed by atoms with E-state index in [1.165, 1.54) is 23.3 Å². The number of fused-ring (bicyclic) bond motifs is 4. The van der Waals surface area contributed by atoms with Crippen LogP contribution in [0.1, 0.15) is 18.4 Å². The Labute approximate surface area is 106 Å². The summed E-state index contributed by atoms with van der Waals surface area (Å²) in [6.07, 6.45) is 2.46. The molecule has 0 aromatic heterocycles. The predicted molar refractivity (Wildman–Crippen MR) is 70.9 cm³/mol. The average Bonchev–Trinajstić information content (AvgIpc) is 2.79. The Morgan fingerprint density at radius 1 is 1.28 bits per heavy atom. The number of para-hydroxylation sites is 1. The molecule has 4 rings (SSSR count). The number of anilines is 1. The van der Waals surface area contributed by atoms with Gasteiger partial charge in [0, 0.05) is 29.3 Å². The van der Waals surface area contributed by atoms with Crippen molar-refractivity contribution < 1.29 is 4.74 Å². The number of hydrogen-bond acceptors (Lipinski definition) is 4. The van der Waals surface area contributed by atoms with E-state index in [4.69, 9.17) is 10.5 Å². The Kier molecular flexibility index (Phi) is 2.08. The van der Waals surface area contributed by atoms with Gasteiger partial charge in [0.15, 0.2) is 5.75 Å². The van der Waals surface area contributed by atoms with Crippen molar-refractivity contribution in [2.75, 3.05) is 18.9 Å². The first-order valence-electron chi connectivity index (χ1n) is 6.59. The van der Waals surface area contributed by atoms with Gasteiger partial charge in [0.2, 0.25) is 0 Å². The van der Waals surface area contributed by atoms with Crippen molar-refractivity contribution in [2.45, 2.75) is 18.9 Å². The maximum absolute atomic E-state index is 6.05. The van der Waals surface area contributed by atoms with Crippen LogP contribution in [0.2, 0.25) is 0 Å². The summed E-state index contributed by atoms with van der Waals surface area (Å²) in [6, 6.07) is 6.05. The van der Waals surface area contributed by atoms with Gasteiger partial charge < -0.3 is 15.8 Å². The largest absolute Gasteiger partial charge is 0.483 e. The maximum Gasteiger partial charge on any atom is 0.150 e. The Hall–Kier alpha value is -1.68. The van der Waals surface area contributed by atoms with Crippen LogP contribution in [-0.4, -0.2) is 19.3 Å². The summed E-state index contributed by atoms with van der Waals surface area (Å²) in [4.78, 5) is 0. The molecule has 18 heavy (non-hydrogen) atoms. The molecule has 4 nitrogen and oxygen atoms in total. The Morgan fingerprint density at radius 2 is 2.22 bits per heavy atom. The van der Waals surface area contributed by atoms with Crippen LogP contribution in [0.3, 0.4) is 0 Å². The second-order valence-corrected chi connectivity index (χ2v) is 5.24. The lowest BCUT2D eigenvalue weighted by molar-refractivity contribution is 0.234. The fraction of sp³-hybridized carbons (Fsp3) is 0.429. The van der Waals surface area contributed by atoms with Crippen LogP contribution in [0, 0.1) is 5.92 Å². The monoisotopic (exact) mass is 243 g/mol. The minimum absolute atomic E-state index is 0.196. The quantitative estimate of drug-likeness (QED) is 0.601. The molecule has 2 unspecified atom stereocenters.